The number of carbonyl (C=O) groups excluding carboxylic acids is 1. The molecular formula is C13H19N3O2. The van der Waals surface area contributed by atoms with E-state index in [0.29, 0.717) is 13.1 Å². The van der Waals surface area contributed by atoms with Crippen LogP contribution in [0.1, 0.15) is 12.0 Å². The van der Waals surface area contributed by atoms with Crippen LogP contribution in [-0.2, 0) is 11.3 Å². The number of amides is 1. The van der Waals surface area contributed by atoms with Crippen LogP contribution in [0.25, 0.3) is 0 Å². The zero-order valence-electron chi connectivity index (χ0n) is 10.3. The van der Waals surface area contributed by atoms with Crippen molar-refractivity contribution in [2.45, 2.75) is 18.6 Å². The zero-order chi connectivity index (χ0) is 12.8. The second kappa shape index (κ2) is 5.84. The van der Waals surface area contributed by atoms with Gasteiger partial charge in [-0.25, -0.2) is 4.79 Å². The van der Waals surface area contributed by atoms with Gasteiger partial charge in [-0.3, -0.25) is 0 Å². The van der Waals surface area contributed by atoms with Crippen molar-refractivity contribution in [3.05, 3.63) is 35.9 Å². The first kappa shape index (κ1) is 12.9. The lowest BCUT2D eigenvalue weighted by atomic mass is 9.99. The number of nitrogens with one attached hydrogen (secondary N) is 2. The van der Waals surface area contributed by atoms with Crippen molar-refractivity contribution in [3.8, 4) is 0 Å². The summed E-state index contributed by atoms with van der Waals surface area (Å²) >= 11 is 0. The molecule has 1 aromatic carbocycles. The summed E-state index contributed by atoms with van der Waals surface area (Å²) in [5.41, 5.74) is 6.33. The van der Waals surface area contributed by atoms with Crippen LogP contribution in [0.4, 0.5) is 4.79 Å². The Kier molecular flexibility index (Phi) is 4.17. The number of nitrogens with two attached hydrogens (primary N) is 1. The molecule has 0 saturated carbocycles. The van der Waals surface area contributed by atoms with Crippen LogP contribution in [0, 0.1) is 0 Å². The molecule has 1 fully saturated rings. The van der Waals surface area contributed by atoms with Crippen molar-refractivity contribution >= 4 is 6.09 Å². The maximum atomic E-state index is 11.7. The fourth-order valence-electron chi connectivity index (χ4n) is 2.05. The Bertz CT molecular complexity index is 388. The summed E-state index contributed by atoms with van der Waals surface area (Å²) in [6.45, 7) is 2.27. The first-order valence-corrected chi connectivity index (χ1v) is 6.14. The van der Waals surface area contributed by atoms with E-state index in [4.69, 9.17) is 10.5 Å². The highest BCUT2D eigenvalue weighted by Gasteiger charge is 2.34. The minimum Gasteiger partial charge on any atom is -0.445 e. The average molecular weight is 249 g/mol. The third-order valence-corrected chi connectivity index (χ3v) is 3.21. The first-order valence-electron chi connectivity index (χ1n) is 6.14. The minimum absolute atomic E-state index is 0.279. The highest BCUT2D eigenvalue weighted by molar-refractivity contribution is 5.68. The van der Waals surface area contributed by atoms with Crippen molar-refractivity contribution in [3.63, 3.8) is 0 Å². The van der Waals surface area contributed by atoms with Gasteiger partial charge in [0.05, 0.1) is 5.54 Å². The molecule has 1 unspecified atom stereocenters. The van der Waals surface area contributed by atoms with Gasteiger partial charge in [-0.05, 0) is 18.5 Å². The maximum Gasteiger partial charge on any atom is 0.407 e. The third kappa shape index (κ3) is 3.21. The van der Waals surface area contributed by atoms with Crippen LogP contribution in [0.2, 0.25) is 0 Å². The molecular weight excluding hydrogens is 230 g/mol. The van der Waals surface area contributed by atoms with Crippen LogP contribution in [0.3, 0.4) is 0 Å². The van der Waals surface area contributed by atoms with E-state index in [-0.39, 0.29) is 12.1 Å². The van der Waals surface area contributed by atoms with Gasteiger partial charge in [-0.2, -0.15) is 0 Å². The SMILES string of the molecule is NCC1(NC(=O)OCc2ccccc2)CCNC1. The maximum absolute atomic E-state index is 11.7. The summed E-state index contributed by atoms with van der Waals surface area (Å²) in [5, 5.41) is 6.06. The molecule has 0 radical (unpaired) electrons. The van der Waals surface area contributed by atoms with E-state index in [1.54, 1.807) is 0 Å². The lowest BCUT2D eigenvalue weighted by molar-refractivity contribution is 0.128. The van der Waals surface area contributed by atoms with Gasteiger partial charge in [-0.15, -0.1) is 0 Å². The van der Waals surface area contributed by atoms with E-state index in [9.17, 15) is 4.79 Å². The van der Waals surface area contributed by atoms with Gasteiger partial charge in [0.2, 0.25) is 0 Å². The third-order valence-electron chi connectivity index (χ3n) is 3.21. The summed E-state index contributed by atoms with van der Waals surface area (Å²) in [6.07, 6.45) is 0.428. The van der Waals surface area contributed by atoms with Gasteiger partial charge in [-0.1, -0.05) is 30.3 Å². The molecule has 98 valence electrons. The van der Waals surface area contributed by atoms with E-state index in [0.717, 1.165) is 18.5 Å². The van der Waals surface area contributed by atoms with Gasteiger partial charge in [0.15, 0.2) is 0 Å². The second-order valence-corrected chi connectivity index (χ2v) is 4.60. The van der Waals surface area contributed by atoms with Crippen molar-refractivity contribution in [2.75, 3.05) is 19.6 Å². The molecule has 1 atom stereocenters. The number of hydrogen-bond donors (Lipinski definition) is 3. The predicted molar refractivity (Wildman–Crippen MR) is 69.0 cm³/mol. The molecule has 1 heterocycles. The summed E-state index contributed by atoms with van der Waals surface area (Å²) in [5.74, 6) is 0. The Morgan fingerprint density at radius 3 is 2.83 bits per heavy atom. The van der Waals surface area contributed by atoms with Gasteiger partial charge in [0.1, 0.15) is 6.61 Å². The molecule has 0 bridgehead atoms. The summed E-state index contributed by atoms with van der Waals surface area (Å²) < 4.78 is 5.18. The average Bonchev–Trinajstić information content (AvgIpc) is 2.87. The van der Waals surface area contributed by atoms with E-state index in [1.165, 1.54) is 0 Å². The Morgan fingerprint density at radius 1 is 1.44 bits per heavy atom. The van der Waals surface area contributed by atoms with Gasteiger partial charge >= 0.3 is 6.09 Å². The normalized spacial score (nSPS) is 22.7. The number of ether oxygens (including phenoxy) is 1. The molecule has 0 aliphatic carbocycles. The van der Waals surface area contributed by atoms with Crippen molar-refractivity contribution in [1.29, 1.82) is 0 Å². The minimum atomic E-state index is -0.409. The zero-order valence-corrected chi connectivity index (χ0v) is 10.3. The van der Waals surface area contributed by atoms with Crippen LogP contribution in [0.5, 0.6) is 0 Å². The lowest BCUT2D eigenvalue weighted by Gasteiger charge is -2.27. The molecule has 1 saturated heterocycles. The second-order valence-electron chi connectivity index (χ2n) is 4.60. The molecule has 5 heteroatoms. The van der Waals surface area contributed by atoms with Crippen molar-refractivity contribution in [2.24, 2.45) is 5.73 Å². The molecule has 5 nitrogen and oxygen atoms in total. The molecule has 1 amide bonds. The van der Waals surface area contributed by atoms with Crippen molar-refractivity contribution < 1.29 is 9.53 Å². The smallest absolute Gasteiger partial charge is 0.407 e. The van der Waals surface area contributed by atoms with Gasteiger partial charge < -0.3 is 21.1 Å². The number of benzene rings is 1. The molecule has 18 heavy (non-hydrogen) atoms. The highest BCUT2D eigenvalue weighted by Crippen LogP contribution is 2.13. The molecule has 1 aliphatic heterocycles. The number of alkyl carbamates (subject to hydrolysis) is 1. The fourth-order valence-corrected chi connectivity index (χ4v) is 2.05. The Labute approximate surface area is 107 Å². The summed E-state index contributed by atoms with van der Waals surface area (Å²) in [7, 11) is 0. The molecule has 1 aliphatic rings. The summed E-state index contributed by atoms with van der Waals surface area (Å²) in [6, 6.07) is 9.60. The van der Waals surface area contributed by atoms with Gasteiger partial charge in [0.25, 0.3) is 0 Å². The Morgan fingerprint density at radius 2 is 2.22 bits per heavy atom. The van der Waals surface area contributed by atoms with E-state index in [1.807, 2.05) is 30.3 Å². The largest absolute Gasteiger partial charge is 0.445 e. The van der Waals surface area contributed by atoms with Gasteiger partial charge in [0, 0.05) is 13.1 Å². The van der Waals surface area contributed by atoms with E-state index < -0.39 is 6.09 Å². The topological polar surface area (TPSA) is 76.4 Å². The Hall–Kier alpha value is -1.59. The standard InChI is InChI=1S/C13H19N3O2/c14-9-13(6-7-15-10-13)16-12(17)18-8-11-4-2-1-3-5-11/h1-5,15H,6-10,14H2,(H,16,17). The quantitative estimate of drug-likeness (QED) is 0.730. The number of hydrogen-bond acceptors (Lipinski definition) is 4. The molecule has 0 spiro atoms. The van der Waals surface area contributed by atoms with E-state index >= 15 is 0 Å². The fraction of sp³-hybridized carbons (Fsp3) is 0.462. The number of rotatable bonds is 4. The van der Waals surface area contributed by atoms with Crippen molar-refractivity contribution in [1.82, 2.24) is 10.6 Å². The van der Waals surface area contributed by atoms with Crippen LogP contribution in [0.15, 0.2) is 30.3 Å². The summed E-state index contributed by atoms with van der Waals surface area (Å²) in [4.78, 5) is 11.7. The molecule has 0 aromatic heterocycles. The Balaban J connectivity index is 1.82. The first-order chi connectivity index (χ1) is 8.74. The predicted octanol–water partition coefficient (Wildman–Crippen LogP) is 0.604. The molecule has 1 aromatic rings. The molecule has 2 rings (SSSR count). The van der Waals surface area contributed by atoms with Crippen LogP contribution >= 0.6 is 0 Å². The van der Waals surface area contributed by atoms with Crippen LogP contribution in [-0.4, -0.2) is 31.3 Å². The monoisotopic (exact) mass is 249 g/mol. The lowest BCUT2D eigenvalue weighted by Crippen LogP contribution is -2.55. The highest BCUT2D eigenvalue weighted by atomic mass is 16.5. The van der Waals surface area contributed by atoms with Crippen LogP contribution < -0.4 is 16.4 Å². The van der Waals surface area contributed by atoms with E-state index in [2.05, 4.69) is 10.6 Å². The number of carbonyl (C=O) groups is 1. The molecule has 4 N–H and O–H groups in total.